The molecule has 4 aliphatic rings. The van der Waals surface area contributed by atoms with E-state index < -0.39 is 19.6 Å². The molecule has 5 rings (SSSR count). The first-order valence-corrected chi connectivity index (χ1v) is 16.9. The molecule has 1 unspecified atom stereocenters. The van der Waals surface area contributed by atoms with Crippen molar-refractivity contribution in [1.82, 2.24) is 10.2 Å². The zero-order valence-electron chi connectivity index (χ0n) is 22.6. The first kappa shape index (κ1) is 26.4. The summed E-state index contributed by atoms with van der Waals surface area (Å²) in [6.07, 6.45) is 4.43. The molecule has 1 atom stereocenters. The largest absolute Gasteiger partial charge is 0.466 e. The van der Waals surface area contributed by atoms with Crippen molar-refractivity contribution in [2.45, 2.75) is 76.9 Å². The number of rotatable bonds is 8. The number of ether oxygens (including phenoxy) is 2. The van der Waals surface area contributed by atoms with Crippen LogP contribution in [0.4, 0.5) is 0 Å². The first-order chi connectivity index (χ1) is 18.0. The Morgan fingerprint density at radius 2 is 2.05 bits per heavy atom. The molecule has 2 N–H and O–H groups in total. The average Bonchev–Trinajstić information content (AvgIpc) is 3.24. The highest BCUT2D eigenvalue weighted by Crippen LogP contribution is 2.44. The van der Waals surface area contributed by atoms with Crippen molar-refractivity contribution in [3.63, 3.8) is 0 Å². The van der Waals surface area contributed by atoms with Gasteiger partial charge in [-0.05, 0) is 47.6 Å². The van der Waals surface area contributed by atoms with Gasteiger partial charge in [-0.15, -0.1) is 0 Å². The lowest BCUT2D eigenvalue weighted by Gasteiger charge is -2.36. The van der Waals surface area contributed by atoms with Gasteiger partial charge in [-0.25, -0.2) is 4.79 Å². The second-order valence-corrected chi connectivity index (χ2v) is 16.7. The van der Waals surface area contributed by atoms with Gasteiger partial charge in [0.05, 0.1) is 13.2 Å². The van der Waals surface area contributed by atoms with Crippen LogP contribution in [0.2, 0.25) is 25.2 Å². The van der Waals surface area contributed by atoms with E-state index in [1.165, 1.54) is 18.1 Å². The number of Topliss-reactive ketones (excluding diaryl/α,β-unsaturated/α-hetero) is 1. The second-order valence-electron chi connectivity index (χ2n) is 11.4. The minimum absolute atomic E-state index is 0.0992. The van der Waals surface area contributed by atoms with Gasteiger partial charge in [0.15, 0.2) is 5.60 Å². The number of nitrogens with zero attached hydrogens (tertiary/aromatic N) is 1. The molecule has 0 radical (unpaired) electrons. The first-order valence-electron chi connectivity index (χ1n) is 13.4. The number of aryl methyl sites for hydroxylation is 1. The SMILES string of the molecule is CCC1(O)C(=O)OCC2=C1CC1=C(C2=O)N2Cc3c(cccc3CC[Si](C)(C)CCCOC(C)=O)C=C2N1. The van der Waals surface area contributed by atoms with Crippen LogP contribution in [0, 0.1) is 0 Å². The maximum Gasteiger partial charge on any atom is 0.342 e. The molecular weight excluding hydrogens is 500 g/mol. The fourth-order valence-electron chi connectivity index (χ4n) is 5.97. The predicted octanol–water partition coefficient (Wildman–Crippen LogP) is 3.79. The predicted molar refractivity (Wildman–Crippen MR) is 145 cm³/mol. The van der Waals surface area contributed by atoms with Gasteiger partial charge >= 0.3 is 11.9 Å². The van der Waals surface area contributed by atoms with E-state index in [2.05, 4.69) is 42.7 Å². The second kappa shape index (κ2) is 9.85. The monoisotopic (exact) mass is 536 g/mol. The lowest BCUT2D eigenvalue weighted by Crippen LogP contribution is -2.48. The molecule has 202 valence electrons. The molecule has 8 nitrogen and oxygen atoms in total. The number of hydrogen-bond acceptors (Lipinski definition) is 8. The van der Waals surface area contributed by atoms with Crippen molar-refractivity contribution in [3.05, 3.63) is 63.3 Å². The van der Waals surface area contributed by atoms with Gasteiger partial charge in [-0.2, -0.15) is 0 Å². The fraction of sp³-hybridized carbons (Fsp3) is 0.483. The molecule has 3 aliphatic heterocycles. The maximum absolute atomic E-state index is 13.7. The molecule has 3 heterocycles. The Balaban J connectivity index is 1.34. The lowest BCUT2D eigenvalue weighted by atomic mass is 9.78. The quantitative estimate of drug-likeness (QED) is 0.294. The third-order valence-electron chi connectivity index (χ3n) is 8.32. The number of fused-ring (bicyclic) bond motifs is 3. The zero-order valence-corrected chi connectivity index (χ0v) is 23.6. The maximum atomic E-state index is 13.7. The summed E-state index contributed by atoms with van der Waals surface area (Å²) in [7, 11) is -1.48. The molecule has 0 saturated carbocycles. The van der Waals surface area contributed by atoms with Crippen LogP contribution in [-0.2, 0) is 36.8 Å². The van der Waals surface area contributed by atoms with Crippen molar-refractivity contribution in [2.75, 3.05) is 13.2 Å². The third kappa shape index (κ3) is 4.62. The standard InChI is InChI=1S/C29H36N2O6Si/c1-5-29(35)23-15-24-26(27(33)22(23)17-37-28(29)34)31-16-21-19(8-6-9-20(21)14-25(31)30-24)10-13-38(3,4)12-7-11-36-18(2)32/h6,8-9,14,30,35H,5,7,10-13,15-17H2,1-4H3. The summed E-state index contributed by atoms with van der Waals surface area (Å²) < 4.78 is 10.3. The summed E-state index contributed by atoms with van der Waals surface area (Å²) in [5.41, 5.74) is 4.09. The van der Waals surface area contributed by atoms with Gasteiger partial charge in [-0.1, -0.05) is 50.3 Å². The Labute approximate surface area is 224 Å². The van der Waals surface area contributed by atoms with Crippen LogP contribution in [0.15, 0.2) is 46.6 Å². The van der Waals surface area contributed by atoms with Gasteiger partial charge in [0.1, 0.15) is 18.1 Å². The van der Waals surface area contributed by atoms with Crippen LogP contribution >= 0.6 is 0 Å². The molecule has 0 saturated heterocycles. The Hall–Kier alpha value is -3.17. The van der Waals surface area contributed by atoms with Gasteiger partial charge in [0, 0.05) is 32.7 Å². The summed E-state index contributed by atoms with van der Waals surface area (Å²) in [6, 6.07) is 8.62. The molecule has 1 aromatic carbocycles. The van der Waals surface area contributed by atoms with E-state index >= 15 is 0 Å². The molecule has 9 heteroatoms. The number of benzene rings is 1. The van der Waals surface area contributed by atoms with Crippen LogP contribution in [0.3, 0.4) is 0 Å². The number of aliphatic hydroxyl groups is 1. The summed E-state index contributed by atoms with van der Waals surface area (Å²) in [4.78, 5) is 39.1. The van der Waals surface area contributed by atoms with Gasteiger partial charge < -0.3 is 24.8 Å². The lowest BCUT2D eigenvalue weighted by molar-refractivity contribution is -0.163. The van der Waals surface area contributed by atoms with E-state index in [0.717, 1.165) is 42.0 Å². The molecule has 0 bridgehead atoms. The van der Waals surface area contributed by atoms with E-state index in [4.69, 9.17) is 9.47 Å². The topological polar surface area (TPSA) is 105 Å². The van der Waals surface area contributed by atoms with Crippen LogP contribution in [0.25, 0.3) is 6.08 Å². The van der Waals surface area contributed by atoms with E-state index in [-0.39, 0.29) is 24.8 Å². The highest BCUT2D eigenvalue weighted by molar-refractivity contribution is 6.77. The van der Waals surface area contributed by atoms with Crippen LogP contribution in [-0.4, -0.2) is 54.6 Å². The molecule has 0 fully saturated rings. The summed E-state index contributed by atoms with van der Waals surface area (Å²) >= 11 is 0. The molecule has 0 spiro atoms. The highest BCUT2D eigenvalue weighted by atomic mass is 28.3. The molecule has 0 amide bonds. The zero-order chi connectivity index (χ0) is 27.2. The van der Waals surface area contributed by atoms with Crippen LogP contribution in [0.1, 0.15) is 49.8 Å². The van der Waals surface area contributed by atoms with Crippen LogP contribution in [0.5, 0.6) is 0 Å². The number of carbonyl (C=O) groups excluding carboxylic acids is 3. The number of ketones is 1. The Bertz CT molecular complexity index is 1310. The normalized spacial score (nSPS) is 22.2. The van der Waals surface area contributed by atoms with E-state index in [0.29, 0.717) is 36.4 Å². The molecule has 1 aliphatic carbocycles. The summed E-state index contributed by atoms with van der Waals surface area (Å²) in [6.45, 7) is 8.91. The van der Waals surface area contributed by atoms with Crippen molar-refractivity contribution < 1.29 is 29.0 Å². The number of cyclic esters (lactones) is 1. The Morgan fingerprint density at radius 3 is 2.79 bits per heavy atom. The van der Waals surface area contributed by atoms with Gasteiger partial charge in [-0.3, -0.25) is 9.59 Å². The van der Waals surface area contributed by atoms with Crippen molar-refractivity contribution in [3.8, 4) is 0 Å². The summed E-state index contributed by atoms with van der Waals surface area (Å²) in [5.74, 6) is -0.239. The summed E-state index contributed by atoms with van der Waals surface area (Å²) in [5, 5.41) is 14.5. The Morgan fingerprint density at radius 1 is 1.26 bits per heavy atom. The smallest absolute Gasteiger partial charge is 0.342 e. The number of nitrogens with one attached hydrogen (secondary N) is 1. The van der Waals surface area contributed by atoms with Crippen molar-refractivity contribution in [2.24, 2.45) is 0 Å². The van der Waals surface area contributed by atoms with E-state index in [1.54, 1.807) is 6.92 Å². The minimum Gasteiger partial charge on any atom is -0.466 e. The number of allylic oxidation sites excluding steroid dienone is 2. The van der Waals surface area contributed by atoms with Gasteiger partial charge in [0.25, 0.3) is 0 Å². The van der Waals surface area contributed by atoms with E-state index in [1.807, 2.05) is 4.90 Å². The Kier molecular flexibility index (Phi) is 6.85. The van der Waals surface area contributed by atoms with Crippen molar-refractivity contribution >= 4 is 31.9 Å². The molecular formula is C29H36N2O6Si. The van der Waals surface area contributed by atoms with Crippen LogP contribution < -0.4 is 5.32 Å². The highest BCUT2D eigenvalue weighted by Gasteiger charge is 2.51. The average molecular weight is 537 g/mol. The van der Waals surface area contributed by atoms with Gasteiger partial charge in [0.2, 0.25) is 5.78 Å². The van der Waals surface area contributed by atoms with E-state index in [9.17, 15) is 19.5 Å². The number of hydrogen-bond donors (Lipinski definition) is 2. The minimum atomic E-state index is -1.76. The molecule has 1 aromatic rings. The number of esters is 2. The number of carbonyl (C=O) groups is 3. The molecule has 0 aromatic heterocycles. The fourth-order valence-corrected chi connectivity index (χ4v) is 8.26. The molecule has 38 heavy (non-hydrogen) atoms. The third-order valence-corrected chi connectivity index (χ3v) is 11.6. The van der Waals surface area contributed by atoms with Crippen molar-refractivity contribution in [1.29, 1.82) is 0 Å².